The summed E-state index contributed by atoms with van der Waals surface area (Å²) in [5.74, 6) is -0.834. The number of benzene rings is 3. The minimum atomic E-state index is -0.630. The summed E-state index contributed by atoms with van der Waals surface area (Å²) in [5, 5.41) is 5.89. The molecule has 0 saturated heterocycles. The highest BCUT2D eigenvalue weighted by atomic mass is 19.1. The maximum atomic E-state index is 13.5. The Morgan fingerprint density at radius 2 is 1.62 bits per heavy atom. The van der Waals surface area contributed by atoms with E-state index in [0.29, 0.717) is 28.0 Å². The van der Waals surface area contributed by atoms with E-state index in [2.05, 4.69) is 10.6 Å². The molecule has 32 heavy (non-hydrogen) atoms. The number of rotatable bonds is 6. The topological polar surface area (TPSA) is 89.8 Å². The van der Waals surface area contributed by atoms with Gasteiger partial charge in [-0.15, -0.1) is 0 Å². The minimum Gasteiger partial charge on any atom is -0.493 e. The Bertz CT molecular complexity index is 1310. The molecule has 0 aliphatic rings. The summed E-state index contributed by atoms with van der Waals surface area (Å²) >= 11 is 0. The first-order valence-corrected chi connectivity index (χ1v) is 9.62. The molecule has 2 amide bonds. The lowest BCUT2D eigenvalue weighted by Crippen LogP contribution is -2.17. The van der Waals surface area contributed by atoms with Crippen LogP contribution in [0.5, 0.6) is 11.5 Å². The molecule has 0 saturated carbocycles. The van der Waals surface area contributed by atoms with Crippen molar-refractivity contribution in [1.29, 1.82) is 0 Å². The van der Waals surface area contributed by atoms with Gasteiger partial charge in [-0.2, -0.15) is 0 Å². The second-order valence-electron chi connectivity index (χ2n) is 6.79. The summed E-state index contributed by atoms with van der Waals surface area (Å²) < 4.78 is 29.7. The van der Waals surface area contributed by atoms with Crippen molar-refractivity contribution in [3.05, 3.63) is 83.9 Å². The number of fused-ring (bicyclic) bond motifs is 1. The van der Waals surface area contributed by atoms with Crippen LogP contribution in [0.2, 0.25) is 0 Å². The Balaban J connectivity index is 1.69. The zero-order valence-electron chi connectivity index (χ0n) is 17.3. The summed E-state index contributed by atoms with van der Waals surface area (Å²) in [4.78, 5) is 25.9. The number of halogens is 1. The molecule has 2 N–H and O–H groups in total. The number of para-hydroxylation sites is 1. The Hall–Kier alpha value is -4.33. The van der Waals surface area contributed by atoms with Gasteiger partial charge in [0.05, 0.1) is 14.2 Å². The van der Waals surface area contributed by atoms with Gasteiger partial charge in [-0.1, -0.05) is 18.2 Å². The molecule has 0 bridgehead atoms. The highest BCUT2D eigenvalue weighted by molar-refractivity contribution is 6.17. The van der Waals surface area contributed by atoms with Gasteiger partial charge in [-0.05, 0) is 48.5 Å². The zero-order chi connectivity index (χ0) is 22.7. The van der Waals surface area contributed by atoms with Crippen molar-refractivity contribution in [3.63, 3.8) is 0 Å². The van der Waals surface area contributed by atoms with Gasteiger partial charge >= 0.3 is 0 Å². The molecule has 1 aromatic heterocycles. The first-order chi connectivity index (χ1) is 15.5. The standard InChI is InChI=1S/C24H19FN2O5/c1-30-19-11-10-14(12-20(19)31-2)23(28)27-21-17-8-3-4-9-18(17)32-22(21)24(29)26-16-7-5-6-15(25)13-16/h3-13H,1-2H3,(H,26,29)(H,27,28). The van der Waals surface area contributed by atoms with E-state index in [1.165, 1.54) is 38.5 Å². The maximum Gasteiger partial charge on any atom is 0.293 e. The monoisotopic (exact) mass is 434 g/mol. The number of hydrogen-bond donors (Lipinski definition) is 2. The summed E-state index contributed by atoms with van der Waals surface area (Å²) in [7, 11) is 2.97. The van der Waals surface area contributed by atoms with E-state index in [0.717, 1.165) is 0 Å². The third kappa shape index (κ3) is 4.11. The fourth-order valence-corrected chi connectivity index (χ4v) is 3.25. The number of carbonyl (C=O) groups is 2. The van der Waals surface area contributed by atoms with Gasteiger partial charge in [-0.3, -0.25) is 9.59 Å². The van der Waals surface area contributed by atoms with Crippen LogP contribution in [0, 0.1) is 5.82 Å². The third-order valence-corrected chi connectivity index (χ3v) is 4.77. The lowest BCUT2D eigenvalue weighted by Gasteiger charge is -2.10. The second kappa shape index (κ2) is 8.81. The predicted octanol–water partition coefficient (Wildman–Crippen LogP) is 5.09. The summed E-state index contributed by atoms with van der Waals surface area (Å²) in [6.45, 7) is 0. The molecule has 7 nitrogen and oxygen atoms in total. The molecule has 0 unspecified atom stereocenters. The Morgan fingerprint density at radius 1 is 0.844 bits per heavy atom. The Morgan fingerprint density at radius 3 is 2.38 bits per heavy atom. The van der Waals surface area contributed by atoms with Gasteiger partial charge in [0.15, 0.2) is 11.5 Å². The molecular weight excluding hydrogens is 415 g/mol. The smallest absolute Gasteiger partial charge is 0.293 e. The molecule has 0 radical (unpaired) electrons. The van der Waals surface area contributed by atoms with E-state index >= 15 is 0 Å². The number of ether oxygens (including phenoxy) is 2. The molecule has 162 valence electrons. The van der Waals surface area contributed by atoms with Crippen LogP contribution in [-0.4, -0.2) is 26.0 Å². The van der Waals surface area contributed by atoms with Gasteiger partial charge < -0.3 is 24.5 Å². The summed E-state index contributed by atoms with van der Waals surface area (Å²) in [6, 6.07) is 17.1. The number of nitrogens with one attached hydrogen (secondary N) is 2. The number of carbonyl (C=O) groups excluding carboxylic acids is 2. The molecule has 8 heteroatoms. The minimum absolute atomic E-state index is 0.107. The average molecular weight is 434 g/mol. The van der Waals surface area contributed by atoms with Crippen molar-refractivity contribution < 1.29 is 27.9 Å². The van der Waals surface area contributed by atoms with Crippen molar-refractivity contribution in [3.8, 4) is 11.5 Å². The molecule has 1 heterocycles. The van der Waals surface area contributed by atoms with Gasteiger partial charge in [0.2, 0.25) is 5.76 Å². The van der Waals surface area contributed by atoms with Crippen LogP contribution in [0.4, 0.5) is 15.8 Å². The molecule has 0 atom stereocenters. The number of anilines is 2. The largest absolute Gasteiger partial charge is 0.493 e. The fraction of sp³-hybridized carbons (Fsp3) is 0.0833. The summed E-state index contributed by atoms with van der Waals surface area (Å²) in [6.07, 6.45) is 0. The van der Waals surface area contributed by atoms with Gasteiger partial charge in [0.25, 0.3) is 11.8 Å². The van der Waals surface area contributed by atoms with Crippen molar-refractivity contribution in [1.82, 2.24) is 0 Å². The average Bonchev–Trinajstić information content (AvgIpc) is 3.17. The van der Waals surface area contributed by atoms with E-state index in [4.69, 9.17) is 13.9 Å². The van der Waals surface area contributed by atoms with E-state index in [9.17, 15) is 14.0 Å². The number of methoxy groups -OCH3 is 2. The van der Waals surface area contributed by atoms with E-state index in [-0.39, 0.29) is 17.1 Å². The fourth-order valence-electron chi connectivity index (χ4n) is 3.25. The number of hydrogen-bond acceptors (Lipinski definition) is 5. The van der Waals surface area contributed by atoms with E-state index < -0.39 is 17.6 Å². The van der Waals surface area contributed by atoms with Crippen molar-refractivity contribution in [2.45, 2.75) is 0 Å². The molecule has 0 fully saturated rings. The number of furan rings is 1. The van der Waals surface area contributed by atoms with E-state index in [1.807, 2.05) is 0 Å². The number of amides is 2. The highest BCUT2D eigenvalue weighted by Crippen LogP contribution is 2.33. The highest BCUT2D eigenvalue weighted by Gasteiger charge is 2.23. The van der Waals surface area contributed by atoms with Crippen LogP contribution < -0.4 is 20.1 Å². The molecular formula is C24H19FN2O5. The van der Waals surface area contributed by atoms with Crippen LogP contribution in [0.15, 0.2) is 71.1 Å². The van der Waals surface area contributed by atoms with Crippen molar-refractivity contribution in [2.24, 2.45) is 0 Å². The Labute approximate surface area is 182 Å². The lowest BCUT2D eigenvalue weighted by molar-refractivity contribution is 0.0999. The third-order valence-electron chi connectivity index (χ3n) is 4.77. The first-order valence-electron chi connectivity index (χ1n) is 9.62. The van der Waals surface area contributed by atoms with Gasteiger partial charge in [-0.25, -0.2) is 4.39 Å². The van der Waals surface area contributed by atoms with Crippen LogP contribution in [-0.2, 0) is 0 Å². The van der Waals surface area contributed by atoms with E-state index in [1.54, 1.807) is 42.5 Å². The van der Waals surface area contributed by atoms with Crippen molar-refractivity contribution in [2.75, 3.05) is 24.9 Å². The SMILES string of the molecule is COc1ccc(C(=O)Nc2c(C(=O)Nc3cccc(F)c3)oc3ccccc23)cc1OC. The summed E-state index contributed by atoms with van der Waals surface area (Å²) in [5.41, 5.74) is 1.17. The Kier molecular flexibility index (Phi) is 5.76. The second-order valence-corrected chi connectivity index (χ2v) is 6.79. The van der Waals surface area contributed by atoms with Crippen molar-refractivity contribution >= 4 is 34.2 Å². The molecule has 3 aromatic carbocycles. The zero-order valence-corrected chi connectivity index (χ0v) is 17.3. The van der Waals surface area contributed by atoms with Crippen LogP contribution in [0.25, 0.3) is 11.0 Å². The molecule has 4 aromatic rings. The first kappa shape index (κ1) is 20.9. The van der Waals surface area contributed by atoms with Gasteiger partial charge in [0, 0.05) is 16.6 Å². The van der Waals surface area contributed by atoms with Crippen LogP contribution >= 0.6 is 0 Å². The van der Waals surface area contributed by atoms with Crippen LogP contribution in [0.3, 0.4) is 0 Å². The predicted molar refractivity (Wildman–Crippen MR) is 118 cm³/mol. The molecule has 0 aliphatic heterocycles. The maximum absolute atomic E-state index is 13.5. The lowest BCUT2D eigenvalue weighted by atomic mass is 10.1. The normalized spacial score (nSPS) is 10.6. The van der Waals surface area contributed by atoms with Crippen LogP contribution in [0.1, 0.15) is 20.9 Å². The molecule has 0 aliphatic carbocycles. The quantitative estimate of drug-likeness (QED) is 0.441. The van der Waals surface area contributed by atoms with Gasteiger partial charge in [0.1, 0.15) is 17.1 Å². The molecule has 4 rings (SSSR count). The molecule has 0 spiro atoms.